The highest BCUT2D eigenvalue weighted by atomic mass is 32.2. The molecule has 0 N–H and O–H groups in total. The molecule has 1 heterocycles. The van der Waals surface area contributed by atoms with Gasteiger partial charge in [-0.2, -0.15) is 5.26 Å². The second kappa shape index (κ2) is 4.73. The molecule has 0 spiro atoms. The van der Waals surface area contributed by atoms with E-state index in [1.165, 1.54) is 17.3 Å². The van der Waals surface area contributed by atoms with Crippen molar-refractivity contribution in [2.24, 2.45) is 4.99 Å². The van der Waals surface area contributed by atoms with E-state index in [2.05, 4.69) is 17.1 Å². The largest absolute Gasteiger partial charge is 0.235 e. The first-order valence-electron chi connectivity index (χ1n) is 4.65. The number of hydrogen-bond acceptors (Lipinski definition) is 4. The number of benzene rings is 1. The van der Waals surface area contributed by atoms with Crippen LogP contribution < -0.4 is 0 Å². The van der Waals surface area contributed by atoms with Crippen LogP contribution in [0.5, 0.6) is 0 Å². The van der Waals surface area contributed by atoms with Gasteiger partial charge >= 0.3 is 0 Å². The molecule has 1 aromatic carbocycles. The second-order valence-corrected chi connectivity index (χ2v) is 5.74. The molecule has 1 atom stereocenters. The van der Waals surface area contributed by atoms with E-state index >= 15 is 0 Å². The Hall–Kier alpha value is -0.920. The minimum Gasteiger partial charge on any atom is -0.235 e. The molecule has 0 saturated heterocycles. The molecule has 0 bridgehead atoms. The Labute approximate surface area is 97.8 Å². The summed E-state index contributed by atoms with van der Waals surface area (Å²) in [5, 5.41) is 8.70. The number of aliphatic imine (C=N–C) groups is 1. The summed E-state index contributed by atoms with van der Waals surface area (Å²) in [5.74, 6) is 0.958. The van der Waals surface area contributed by atoms with Gasteiger partial charge in [-0.1, -0.05) is 41.7 Å². The first-order chi connectivity index (χ1) is 7.29. The molecule has 76 valence electrons. The summed E-state index contributed by atoms with van der Waals surface area (Å²) in [6.45, 7) is 1.90. The molecule has 0 saturated carbocycles. The average molecular weight is 234 g/mol. The Morgan fingerprint density at radius 1 is 1.53 bits per heavy atom. The number of fused-ring (bicyclic) bond motifs is 1. The summed E-state index contributed by atoms with van der Waals surface area (Å²) in [7, 11) is 0. The van der Waals surface area contributed by atoms with Crippen molar-refractivity contribution in [3.05, 3.63) is 29.8 Å². The lowest BCUT2D eigenvalue weighted by Crippen LogP contribution is -2.00. The lowest BCUT2D eigenvalue weighted by molar-refractivity contribution is 1.25. The van der Waals surface area contributed by atoms with Gasteiger partial charge < -0.3 is 0 Å². The first-order valence-corrected chi connectivity index (χ1v) is 6.52. The van der Waals surface area contributed by atoms with Crippen molar-refractivity contribution in [2.45, 2.75) is 17.9 Å². The van der Waals surface area contributed by atoms with E-state index in [4.69, 9.17) is 5.26 Å². The molecule has 1 aromatic rings. The van der Waals surface area contributed by atoms with E-state index in [9.17, 15) is 0 Å². The molecule has 0 radical (unpaired) electrons. The molecule has 0 unspecified atom stereocenters. The van der Waals surface area contributed by atoms with Gasteiger partial charge in [0.15, 0.2) is 0 Å². The second-order valence-electron chi connectivity index (χ2n) is 3.18. The van der Waals surface area contributed by atoms with Crippen LogP contribution in [0.2, 0.25) is 0 Å². The Morgan fingerprint density at radius 3 is 3.13 bits per heavy atom. The van der Waals surface area contributed by atoms with Crippen molar-refractivity contribution in [3.63, 3.8) is 0 Å². The van der Waals surface area contributed by atoms with Gasteiger partial charge in [-0.05, 0) is 18.6 Å². The van der Waals surface area contributed by atoms with Gasteiger partial charge in [-0.3, -0.25) is 0 Å². The van der Waals surface area contributed by atoms with Crippen LogP contribution in [0.3, 0.4) is 0 Å². The van der Waals surface area contributed by atoms with Crippen LogP contribution in [0.15, 0.2) is 29.3 Å². The van der Waals surface area contributed by atoms with Crippen LogP contribution in [0.25, 0.3) is 0 Å². The molecule has 15 heavy (non-hydrogen) atoms. The molecule has 2 nitrogen and oxygen atoms in total. The van der Waals surface area contributed by atoms with Crippen molar-refractivity contribution in [1.82, 2.24) is 0 Å². The molecule has 2 rings (SSSR count). The van der Waals surface area contributed by atoms with Gasteiger partial charge in [0.25, 0.3) is 0 Å². The van der Waals surface area contributed by atoms with Crippen LogP contribution in [-0.4, -0.2) is 9.63 Å². The minimum atomic E-state index is -0.0264. The van der Waals surface area contributed by atoms with Gasteiger partial charge in [-0.25, -0.2) is 4.99 Å². The lowest BCUT2D eigenvalue weighted by atomic mass is 10.2. The lowest BCUT2D eigenvalue weighted by Gasteiger charge is -2.14. The average Bonchev–Trinajstić information content (AvgIpc) is 2.29. The molecule has 4 heteroatoms. The van der Waals surface area contributed by atoms with Gasteiger partial charge in [-0.15, -0.1) is 0 Å². The Morgan fingerprint density at radius 2 is 2.33 bits per heavy atom. The maximum Gasteiger partial charge on any atom is 0.132 e. The highest BCUT2D eigenvalue weighted by Crippen LogP contribution is 2.35. The van der Waals surface area contributed by atoms with E-state index in [0.29, 0.717) is 0 Å². The standard InChI is InChI=1S/C11H10N2S2/c1-8(6-12)15-11-13-10-5-3-2-4-9(10)7-14-11/h2-5,8H,7H2,1H3/t8-/m0/s1. The molecule has 0 amide bonds. The summed E-state index contributed by atoms with van der Waals surface area (Å²) in [5.41, 5.74) is 2.32. The van der Waals surface area contributed by atoms with Crippen molar-refractivity contribution < 1.29 is 0 Å². The summed E-state index contributed by atoms with van der Waals surface area (Å²) in [6, 6.07) is 10.4. The SMILES string of the molecule is C[C@@H](C#N)SC1=Nc2ccccc2CS1. The molecular weight excluding hydrogens is 224 g/mol. The third-order valence-corrected chi connectivity index (χ3v) is 4.20. The van der Waals surface area contributed by atoms with E-state index in [-0.39, 0.29) is 5.25 Å². The highest BCUT2D eigenvalue weighted by molar-refractivity contribution is 8.38. The first kappa shape index (κ1) is 10.6. The van der Waals surface area contributed by atoms with E-state index in [1.807, 2.05) is 25.1 Å². The molecule has 1 aliphatic rings. The zero-order valence-corrected chi connectivity index (χ0v) is 9.94. The highest BCUT2D eigenvalue weighted by Gasteiger charge is 2.14. The van der Waals surface area contributed by atoms with Gasteiger partial charge in [0, 0.05) is 5.75 Å². The summed E-state index contributed by atoms with van der Waals surface area (Å²) >= 11 is 3.25. The number of nitriles is 1. The molecule has 0 fully saturated rings. The van der Waals surface area contributed by atoms with Crippen molar-refractivity contribution in [1.29, 1.82) is 5.26 Å². The van der Waals surface area contributed by atoms with Crippen LogP contribution in [-0.2, 0) is 5.75 Å². The van der Waals surface area contributed by atoms with E-state index < -0.39 is 0 Å². The van der Waals surface area contributed by atoms with Crippen LogP contribution in [0.1, 0.15) is 12.5 Å². The third kappa shape index (κ3) is 2.55. The predicted molar refractivity (Wildman–Crippen MR) is 67.5 cm³/mol. The minimum absolute atomic E-state index is 0.0264. The zero-order valence-electron chi connectivity index (χ0n) is 8.30. The molecule has 0 aliphatic carbocycles. The van der Waals surface area contributed by atoms with Gasteiger partial charge in [0.1, 0.15) is 4.38 Å². The number of para-hydroxylation sites is 1. The zero-order chi connectivity index (χ0) is 10.7. The molecule has 1 aliphatic heterocycles. The van der Waals surface area contributed by atoms with Crippen LogP contribution >= 0.6 is 23.5 Å². The summed E-state index contributed by atoms with van der Waals surface area (Å²) in [6.07, 6.45) is 0. The van der Waals surface area contributed by atoms with Crippen LogP contribution in [0.4, 0.5) is 5.69 Å². The molecule has 0 aromatic heterocycles. The predicted octanol–water partition coefficient (Wildman–Crippen LogP) is 3.57. The van der Waals surface area contributed by atoms with Crippen molar-refractivity contribution in [2.75, 3.05) is 0 Å². The normalized spacial score (nSPS) is 16.1. The van der Waals surface area contributed by atoms with Crippen molar-refractivity contribution >= 4 is 33.6 Å². The Kier molecular flexibility index (Phi) is 3.34. The number of thioether (sulfide) groups is 2. The monoisotopic (exact) mass is 234 g/mol. The van der Waals surface area contributed by atoms with Crippen molar-refractivity contribution in [3.8, 4) is 6.07 Å². The summed E-state index contributed by atoms with van der Waals surface area (Å²) in [4.78, 5) is 4.52. The topological polar surface area (TPSA) is 36.1 Å². The molecular formula is C11H10N2S2. The smallest absolute Gasteiger partial charge is 0.132 e. The quantitative estimate of drug-likeness (QED) is 0.745. The van der Waals surface area contributed by atoms with Gasteiger partial charge in [0.2, 0.25) is 0 Å². The fourth-order valence-corrected chi connectivity index (χ4v) is 3.32. The van der Waals surface area contributed by atoms with Gasteiger partial charge in [0.05, 0.1) is 17.0 Å². The fraction of sp³-hybridized carbons (Fsp3) is 0.273. The number of hydrogen-bond donors (Lipinski definition) is 0. The van der Waals surface area contributed by atoms with E-state index in [1.54, 1.807) is 11.8 Å². The third-order valence-electron chi connectivity index (χ3n) is 2.01. The van der Waals surface area contributed by atoms with E-state index in [0.717, 1.165) is 15.8 Å². The summed E-state index contributed by atoms with van der Waals surface area (Å²) < 4.78 is 1.00. The number of rotatable bonds is 1. The van der Waals surface area contributed by atoms with Crippen LogP contribution in [0, 0.1) is 11.3 Å². The number of nitrogens with zero attached hydrogens (tertiary/aromatic N) is 2. The fourth-order valence-electron chi connectivity index (χ4n) is 1.25. The Bertz CT molecular complexity index is 434. The maximum atomic E-state index is 8.73. The Balaban J connectivity index is 2.19. The maximum absolute atomic E-state index is 8.73.